The number of rotatable bonds is 5. The molecule has 3 rings (SSSR count). The summed E-state index contributed by atoms with van der Waals surface area (Å²) in [6.45, 7) is 3.57. The van der Waals surface area contributed by atoms with Gasteiger partial charge in [0.05, 0.1) is 15.5 Å². The molecule has 0 aliphatic heterocycles. The predicted molar refractivity (Wildman–Crippen MR) is 108 cm³/mol. The molecule has 0 atom stereocenters. The van der Waals surface area contributed by atoms with Crippen molar-refractivity contribution < 1.29 is 13.2 Å². The van der Waals surface area contributed by atoms with Crippen LogP contribution in [0.5, 0.6) is 0 Å². The van der Waals surface area contributed by atoms with Gasteiger partial charge in [-0.2, -0.15) is 4.31 Å². The molecule has 0 saturated carbocycles. The second-order valence-electron chi connectivity index (χ2n) is 7.05. The lowest BCUT2D eigenvalue weighted by Gasteiger charge is -2.21. The van der Waals surface area contributed by atoms with E-state index in [-0.39, 0.29) is 21.5 Å². The van der Waals surface area contributed by atoms with E-state index in [9.17, 15) is 13.2 Å². The molecule has 0 saturated heterocycles. The minimum atomic E-state index is -3.70. The molecule has 0 unspecified atom stereocenters. The maximum atomic E-state index is 12.7. The van der Waals surface area contributed by atoms with Crippen molar-refractivity contribution in [1.29, 1.82) is 0 Å². The zero-order chi connectivity index (χ0) is 19.8. The number of hydrogen-bond acceptors (Lipinski definition) is 3. The van der Waals surface area contributed by atoms with Crippen LogP contribution in [-0.2, 0) is 22.9 Å². The Hall–Kier alpha value is -1.89. The molecule has 1 aliphatic rings. The topological polar surface area (TPSA) is 66.5 Å². The summed E-state index contributed by atoms with van der Waals surface area (Å²) >= 11 is 6.17. The maximum absolute atomic E-state index is 12.7. The summed E-state index contributed by atoms with van der Waals surface area (Å²) in [5.74, 6) is -0.429. The SMILES string of the molecule is CC(C)N(C)S(=O)(=O)c1ccc(Cl)c(C(=O)Nc2ccc3c(c2)CCC3)c1. The van der Waals surface area contributed by atoms with Gasteiger partial charge in [-0.3, -0.25) is 4.79 Å². The number of fused-ring (bicyclic) bond motifs is 1. The number of halogens is 1. The summed E-state index contributed by atoms with van der Waals surface area (Å²) < 4.78 is 26.7. The van der Waals surface area contributed by atoms with Crippen LogP contribution in [0.3, 0.4) is 0 Å². The second-order valence-corrected chi connectivity index (χ2v) is 9.45. The number of anilines is 1. The van der Waals surface area contributed by atoms with E-state index in [1.807, 2.05) is 18.2 Å². The lowest BCUT2D eigenvalue weighted by atomic mass is 10.1. The zero-order valence-electron chi connectivity index (χ0n) is 15.6. The number of amides is 1. The third-order valence-electron chi connectivity index (χ3n) is 4.94. The number of benzene rings is 2. The van der Waals surface area contributed by atoms with Gasteiger partial charge in [-0.25, -0.2) is 8.42 Å². The molecule has 0 radical (unpaired) electrons. The van der Waals surface area contributed by atoms with Gasteiger partial charge in [-0.1, -0.05) is 17.7 Å². The Balaban J connectivity index is 1.89. The van der Waals surface area contributed by atoms with Crippen molar-refractivity contribution in [2.45, 2.75) is 44.0 Å². The highest BCUT2D eigenvalue weighted by molar-refractivity contribution is 7.89. The third-order valence-corrected chi connectivity index (χ3v) is 7.30. The first kappa shape index (κ1) is 19.9. The third kappa shape index (κ3) is 4.03. The smallest absolute Gasteiger partial charge is 0.257 e. The van der Waals surface area contributed by atoms with E-state index in [4.69, 9.17) is 11.6 Å². The first-order valence-corrected chi connectivity index (χ1v) is 10.7. The fraction of sp³-hybridized carbons (Fsp3) is 0.350. The van der Waals surface area contributed by atoms with Crippen LogP contribution in [0.25, 0.3) is 0 Å². The van der Waals surface area contributed by atoms with Gasteiger partial charge >= 0.3 is 0 Å². The molecular weight excluding hydrogens is 384 g/mol. The van der Waals surface area contributed by atoms with Crippen molar-refractivity contribution in [1.82, 2.24) is 4.31 Å². The lowest BCUT2D eigenvalue weighted by Crippen LogP contribution is -2.33. The molecule has 7 heteroatoms. The van der Waals surface area contributed by atoms with Gasteiger partial charge in [-0.15, -0.1) is 0 Å². The summed E-state index contributed by atoms with van der Waals surface area (Å²) in [5.41, 5.74) is 3.38. The minimum Gasteiger partial charge on any atom is -0.322 e. The fourth-order valence-corrected chi connectivity index (χ4v) is 4.73. The molecule has 0 spiro atoms. The number of aryl methyl sites for hydroxylation is 2. The number of carbonyl (C=O) groups is 1. The van der Waals surface area contributed by atoms with Crippen molar-refractivity contribution in [3.05, 3.63) is 58.1 Å². The van der Waals surface area contributed by atoms with E-state index in [2.05, 4.69) is 5.32 Å². The van der Waals surface area contributed by atoms with Crippen LogP contribution >= 0.6 is 11.6 Å². The van der Waals surface area contributed by atoms with Crippen molar-refractivity contribution in [2.24, 2.45) is 0 Å². The highest BCUT2D eigenvalue weighted by atomic mass is 35.5. The van der Waals surface area contributed by atoms with Crippen molar-refractivity contribution >= 4 is 33.2 Å². The molecule has 0 heterocycles. The van der Waals surface area contributed by atoms with Crippen LogP contribution in [0.2, 0.25) is 5.02 Å². The van der Waals surface area contributed by atoms with Crippen molar-refractivity contribution in [3.63, 3.8) is 0 Å². The monoisotopic (exact) mass is 406 g/mol. The Morgan fingerprint density at radius 3 is 2.52 bits per heavy atom. The summed E-state index contributed by atoms with van der Waals surface area (Å²) in [6.07, 6.45) is 3.20. The highest BCUT2D eigenvalue weighted by Gasteiger charge is 2.25. The zero-order valence-corrected chi connectivity index (χ0v) is 17.2. The van der Waals surface area contributed by atoms with E-state index in [0.29, 0.717) is 5.69 Å². The first-order chi connectivity index (χ1) is 12.7. The number of hydrogen-bond donors (Lipinski definition) is 1. The average Bonchev–Trinajstić information content (AvgIpc) is 3.08. The van der Waals surface area contributed by atoms with E-state index < -0.39 is 15.9 Å². The van der Waals surface area contributed by atoms with Crippen molar-refractivity contribution in [2.75, 3.05) is 12.4 Å². The van der Waals surface area contributed by atoms with Gasteiger partial charge < -0.3 is 5.32 Å². The Labute approximate surface area is 165 Å². The van der Waals surface area contributed by atoms with Gasteiger partial charge in [0.1, 0.15) is 0 Å². The molecule has 144 valence electrons. The molecule has 1 amide bonds. The standard InChI is InChI=1S/C20H23ClN2O3S/c1-13(2)23(3)27(25,26)17-9-10-19(21)18(12-17)20(24)22-16-8-7-14-5-4-6-15(14)11-16/h7-13H,4-6H2,1-3H3,(H,22,24). The molecular formula is C20H23ClN2O3S. The molecule has 0 fully saturated rings. The molecule has 0 bridgehead atoms. The highest BCUT2D eigenvalue weighted by Crippen LogP contribution is 2.27. The molecule has 2 aromatic carbocycles. The Morgan fingerprint density at radius 1 is 1.11 bits per heavy atom. The summed E-state index contributed by atoms with van der Waals surface area (Å²) in [5, 5.41) is 3.04. The largest absolute Gasteiger partial charge is 0.322 e. The molecule has 1 aliphatic carbocycles. The maximum Gasteiger partial charge on any atom is 0.257 e. The lowest BCUT2D eigenvalue weighted by molar-refractivity contribution is 0.102. The van der Waals surface area contributed by atoms with E-state index in [0.717, 1.165) is 19.3 Å². The average molecular weight is 407 g/mol. The normalized spacial score (nSPS) is 13.9. The van der Waals surface area contributed by atoms with Crippen LogP contribution in [0.15, 0.2) is 41.3 Å². The van der Waals surface area contributed by atoms with Gasteiger partial charge in [-0.05, 0) is 74.6 Å². The minimum absolute atomic E-state index is 0.0437. The Morgan fingerprint density at radius 2 is 1.81 bits per heavy atom. The fourth-order valence-electron chi connectivity index (χ4n) is 3.13. The number of sulfonamides is 1. The van der Waals surface area contributed by atoms with Crippen LogP contribution in [-0.4, -0.2) is 31.7 Å². The quantitative estimate of drug-likeness (QED) is 0.812. The van der Waals surface area contributed by atoms with Gasteiger partial charge in [0.25, 0.3) is 5.91 Å². The molecule has 5 nitrogen and oxygen atoms in total. The van der Waals surface area contributed by atoms with E-state index >= 15 is 0 Å². The van der Waals surface area contributed by atoms with Crippen LogP contribution in [0, 0.1) is 0 Å². The molecule has 2 aromatic rings. The number of nitrogens with one attached hydrogen (secondary N) is 1. The predicted octanol–water partition coefficient (Wildman–Crippen LogP) is 4.11. The van der Waals surface area contributed by atoms with E-state index in [1.165, 1.54) is 40.7 Å². The second kappa shape index (κ2) is 7.62. The van der Waals surface area contributed by atoms with Crippen LogP contribution < -0.4 is 5.32 Å². The number of nitrogens with zero attached hydrogens (tertiary/aromatic N) is 1. The Kier molecular flexibility index (Phi) is 5.60. The summed E-state index contributed by atoms with van der Waals surface area (Å²) in [4.78, 5) is 12.8. The van der Waals surface area contributed by atoms with Crippen LogP contribution in [0.4, 0.5) is 5.69 Å². The molecule has 1 N–H and O–H groups in total. The summed E-state index contributed by atoms with van der Waals surface area (Å²) in [6, 6.07) is 9.86. The van der Waals surface area contributed by atoms with Crippen LogP contribution in [0.1, 0.15) is 41.8 Å². The van der Waals surface area contributed by atoms with Gasteiger partial charge in [0.2, 0.25) is 10.0 Å². The van der Waals surface area contributed by atoms with Crippen molar-refractivity contribution in [3.8, 4) is 0 Å². The molecule has 0 aromatic heterocycles. The number of carbonyl (C=O) groups excluding carboxylic acids is 1. The first-order valence-electron chi connectivity index (χ1n) is 8.91. The Bertz CT molecular complexity index is 987. The van der Waals surface area contributed by atoms with E-state index in [1.54, 1.807) is 13.8 Å². The summed E-state index contributed by atoms with van der Waals surface area (Å²) in [7, 11) is -2.18. The molecule has 27 heavy (non-hydrogen) atoms. The van der Waals surface area contributed by atoms with Gasteiger partial charge in [0.15, 0.2) is 0 Å². The van der Waals surface area contributed by atoms with Gasteiger partial charge in [0, 0.05) is 18.8 Å².